The van der Waals surface area contributed by atoms with Crippen molar-refractivity contribution in [3.05, 3.63) is 29.8 Å². The third-order valence-corrected chi connectivity index (χ3v) is 3.75. The van der Waals surface area contributed by atoms with E-state index in [0.717, 1.165) is 5.56 Å². The highest BCUT2D eigenvalue weighted by Gasteiger charge is 2.27. The average molecular weight is 296 g/mol. The molecule has 0 saturated carbocycles. The SMILES string of the molecule is CNCc1cccc(S(=O)(=O)NCCC(F)(F)F)c1. The van der Waals surface area contributed by atoms with Gasteiger partial charge >= 0.3 is 6.18 Å². The van der Waals surface area contributed by atoms with Gasteiger partial charge in [-0.3, -0.25) is 0 Å². The predicted molar refractivity (Wildman–Crippen MR) is 65.1 cm³/mol. The second-order valence-electron chi connectivity index (χ2n) is 3.94. The highest BCUT2D eigenvalue weighted by molar-refractivity contribution is 7.89. The number of alkyl halides is 3. The minimum Gasteiger partial charge on any atom is -0.316 e. The Bertz CT molecular complexity index is 515. The number of rotatable bonds is 6. The van der Waals surface area contributed by atoms with Crippen LogP contribution in [0, 0.1) is 0 Å². The third-order valence-electron chi connectivity index (χ3n) is 2.29. The molecule has 0 heterocycles. The van der Waals surface area contributed by atoms with Crippen LogP contribution in [0.2, 0.25) is 0 Å². The maximum atomic E-state index is 12.0. The monoisotopic (exact) mass is 296 g/mol. The van der Waals surface area contributed by atoms with E-state index in [1.54, 1.807) is 19.2 Å². The van der Waals surface area contributed by atoms with E-state index >= 15 is 0 Å². The standard InChI is InChI=1S/C11H15F3N2O2S/c1-15-8-9-3-2-4-10(7-9)19(17,18)16-6-5-11(12,13)14/h2-4,7,15-16H,5-6,8H2,1H3. The zero-order chi connectivity index (χ0) is 14.5. The first kappa shape index (κ1) is 15.9. The molecular formula is C11H15F3N2O2S. The molecule has 0 atom stereocenters. The second-order valence-corrected chi connectivity index (χ2v) is 5.71. The molecule has 0 amide bonds. The van der Waals surface area contributed by atoms with Crippen molar-refractivity contribution in [2.75, 3.05) is 13.6 Å². The third kappa shape index (κ3) is 5.58. The average Bonchev–Trinajstić information content (AvgIpc) is 2.28. The Morgan fingerprint density at radius 2 is 1.95 bits per heavy atom. The maximum absolute atomic E-state index is 12.0. The lowest BCUT2D eigenvalue weighted by atomic mass is 10.2. The van der Waals surface area contributed by atoms with Gasteiger partial charge in [-0.2, -0.15) is 13.2 Å². The minimum absolute atomic E-state index is 0.0394. The number of nitrogens with one attached hydrogen (secondary N) is 2. The van der Waals surface area contributed by atoms with Crippen molar-refractivity contribution in [3.8, 4) is 0 Å². The van der Waals surface area contributed by atoms with E-state index in [1.807, 2.05) is 4.72 Å². The van der Waals surface area contributed by atoms with Crippen LogP contribution >= 0.6 is 0 Å². The number of benzene rings is 1. The van der Waals surface area contributed by atoms with E-state index in [1.165, 1.54) is 12.1 Å². The van der Waals surface area contributed by atoms with Crippen LogP contribution in [0.25, 0.3) is 0 Å². The predicted octanol–water partition coefficient (Wildman–Crippen LogP) is 1.64. The summed E-state index contributed by atoms with van der Waals surface area (Å²) in [6.07, 6.45) is -5.57. The molecule has 0 radical (unpaired) electrons. The molecule has 0 unspecified atom stereocenters. The molecule has 19 heavy (non-hydrogen) atoms. The van der Waals surface area contributed by atoms with Gasteiger partial charge in [-0.05, 0) is 24.7 Å². The Morgan fingerprint density at radius 1 is 1.26 bits per heavy atom. The van der Waals surface area contributed by atoms with E-state index in [0.29, 0.717) is 6.54 Å². The van der Waals surface area contributed by atoms with Gasteiger partial charge in [0.05, 0.1) is 11.3 Å². The zero-order valence-corrected chi connectivity index (χ0v) is 11.1. The summed E-state index contributed by atoms with van der Waals surface area (Å²) in [5.74, 6) is 0. The van der Waals surface area contributed by atoms with E-state index in [2.05, 4.69) is 5.32 Å². The molecule has 0 fully saturated rings. The van der Waals surface area contributed by atoms with Crippen molar-refractivity contribution in [2.45, 2.75) is 24.0 Å². The quantitative estimate of drug-likeness (QED) is 0.839. The molecule has 0 aliphatic rings. The molecule has 0 spiro atoms. The molecule has 0 aromatic heterocycles. The van der Waals surface area contributed by atoms with Crippen LogP contribution in [-0.4, -0.2) is 28.2 Å². The van der Waals surface area contributed by atoms with Crippen molar-refractivity contribution in [3.63, 3.8) is 0 Å². The van der Waals surface area contributed by atoms with Crippen LogP contribution in [0.15, 0.2) is 29.2 Å². The molecule has 4 nitrogen and oxygen atoms in total. The summed E-state index contributed by atoms with van der Waals surface area (Å²) in [7, 11) is -2.19. The molecule has 0 aliphatic carbocycles. The van der Waals surface area contributed by atoms with E-state index < -0.39 is 29.2 Å². The van der Waals surface area contributed by atoms with Gasteiger partial charge in [0, 0.05) is 13.1 Å². The lowest BCUT2D eigenvalue weighted by Crippen LogP contribution is -2.28. The fourth-order valence-corrected chi connectivity index (χ4v) is 2.54. The molecule has 0 aliphatic heterocycles. The van der Waals surface area contributed by atoms with Gasteiger partial charge in [-0.25, -0.2) is 13.1 Å². The van der Waals surface area contributed by atoms with E-state index in [4.69, 9.17) is 0 Å². The number of hydrogen-bond acceptors (Lipinski definition) is 3. The van der Waals surface area contributed by atoms with Crippen LogP contribution in [0.5, 0.6) is 0 Å². The van der Waals surface area contributed by atoms with Gasteiger partial charge in [0.1, 0.15) is 0 Å². The van der Waals surface area contributed by atoms with E-state index in [9.17, 15) is 21.6 Å². The van der Waals surface area contributed by atoms with Gasteiger partial charge < -0.3 is 5.32 Å². The summed E-state index contributed by atoms with van der Waals surface area (Å²) in [6.45, 7) is -0.187. The number of sulfonamides is 1. The highest BCUT2D eigenvalue weighted by atomic mass is 32.2. The molecule has 1 aromatic rings. The van der Waals surface area contributed by atoms with Crippen molar-refractivity contribution in [1.82, 2.24) is 10.0 Å². The van der Waals surface area contributed by atoms with Crippen LogP contribution in [-0.2, 0) is 16.6 Å². The van der Waals surface area contributed by atoms with Crippen LogP contribution < -0.4 is 10.0 Å². The molecule has 2 N–H and O–H groups in total. The topological polar surface area (TPSA) is 58.2 Å². The first-order valence-corrected chi connectivity index (χ1v) is 7.03. The molecule has 0 saturated heterocycles. The first-order valence-electron chi connectivity index (χ1n) is 5.54. The summed E-state index contributed by atoms with van der Waals surface area (Å²) in [6, 6.07) is 6.04. The van der Waals surface area contributed by atoms with Crippen molar-refractivity contribution < 1.29 is 21.6 Å². The van der Waals surface area contributed by atoms with Crippen LogP contribution in [0.3, 0.4) is 0 Å². The first-order chi connectivity index (χ1) is 8.74. The van der Waals surface area contributed by atoms with Crippen molar-refractivity contribution in [2.24, 2.45) is 0 Å². The molecule has 0 bridgehead atoms. The second kappa shape index (κ2) is 6.36. The summed E-state index contributed by atoms with van der Waals surface area (Å²) in [5, 5.41) is 2.86. The zero-order valence-electron chi connectivity index (χ0n) is 10.3. The van der Waals surface area contributed by atoms with Gasteiger partial charge in [0.25, 0.3) is 0 Å². The Hall–Kier alpha value is -1.12. The Morgan fingerprint density at radius 3 is 2.53 bits per heavy atom. The Labute approximate surface area is 110 Å². The van der Waals surface area contributed by atoms with Gasteiger partial charge in [-0.15, -0.1) is 0 Å². The fourth-order valence-electron chi connectivity index (χ4n) is 1.44. The summed E-state index contributed by atoms with van der Waals surface area (Å²) < 4.78 is 61.3. The molecule has 1 aromatic carbocycles. The highest BCUT2D eigenvalue weighted by Crippen LogP contribution is 2.19. The van der Waals surface area contributed by atoms with Gasteiger partial charge in [-0.1, -0.05) is 12.1 Å². The summed E-state index contributed by atoms with van der Waals surface area (Å²) in [4.78, 5) is -0.0394. The maximum Gasteiger partial charge on any atom is 0.390 e. The van der Waals surface area contributed by atoms with Crippen molar-refractivity contribution >= 4 is 10.0 Å². The van der Waals surface area contributed by atoms with Crippen LogP contribution in [0.4, 0.5) is 13.2 Å². The number of hydrogen-bond donors (Lipinski definition) is 2. The molecule has 1 rings (SSSR count). The fraction of sp³-hybridized carbons (Fsp3) is 0.455. The molecule has 108 valence electrons. The Kier molecular flexibility index (Phi) is 5.33. The van der Waals surface area contributed by atoms with Gasteiger partial charge in [0.2, 0.25) is 10.0 Å². The van der Waals surface area contributed by atoms with Crippen LogP contribution in [0.1, 0.15) is 12.0 Å². The lowest BCUT2D eigenvalue weighted by Gasteiger charge is -2.09. The van der Waals surface area contributed by atoms with Gasteiger partial charge in [0.15, 0.2) is 0 Å². The lowest BCUT2D eigenvalue weighted by molar-refractivity contribution is -0.132. The summed E-state index contributed by atoms with van der Waals surface area (Å²) in [5.41, 5.74) is 0.737. The van der Waals surface area contributed by atoms with E-state index in [-0.39, 0.29) is 4.90 Å². The Balaban J connectivity index is 2.74. The number of halogens is 3. The smallest absolute Gasteiger partial charge is 0.316 e. The normalized spacial score (nSPS) is 12.6. The minimum atomic E-state index is -4.38. The molecule has 8 heteroatoms. The largest absolute Gasteiger partial charge is 0.390 e. The molecular weight excluding hydrogens is 281 g/mol. The van der Waals surface area contributed by atoms with Crippen molar-refractivity contribution in [1.29, 1.82) is 0 Å². The summed E-state index contributed by atoms with van der Waals surface area (Å²) >= 11 is 0.